The number of aromatic nitrogens is 1. The second-order valence-corrected chi connectivity index (χ2v) is 12.1. The first-order valence-electron chi connectivity index (χ1n) is 14.2. The second kappa shape index (κ2) is 8.92. The number of fused-ring (bicyclic) bond motifs is 3. The zero-order valence-corrected chi connectivity index (χ0v) is 23.2. The summed E-state index contributed by atoms with van der Waals surface area (Å²) in [5.41, 5.74) is 8.24. The molecule has 192 valence electrons. The zero-order chi connectivity index (χ0) is 26.9. The average molecular weight is 540 g/mol. The minimum absolute atomic E-state index is 0.977. The standard InChI is InChI=1S/C39H25NS/c1-2-11-28-24(7-1)8-6-14-29(28)38-30-12-3-4-13-31(30)39(32-21-22-40-23-34(32)38)41-35-20-18-27-16-15-25-9-5-10-26-17-19-33(35)37(27)36(25)26/h1-9,11-18,20-23H,10,19H2. The van der Waals surface area contributed by atoms with Gasteiger partial charge in [0.25, 0.3) is 0 Å². The molecular formula is C39H25NS. The van der Waals surface area contributed by atoms with Crippen molar-refractivity contribution in [1.29, 1.82) is 0 Å². The Morgan fingerprint density at radius 1 is 0.610 bits per heavy atom. The van der Waals surface area contributed by atoms with E-state index in [0.717, 1.165) is 12.8 Å². The van der Waals surface area contributed by atoms with Crippen LogP contribution in [0.3, 0.4) is 0 Å². The van der Waals surface area contributed by atoms with Crippen molar-refractivity contribution < 1.29 is 0 Å². The van der Waals surface area contributed by atoms with Crippen molar-refractivity contribution in [2.45, 2.75) is 22.6 Å². The Balaban J connectivity index is 1.33. The molecule has 1 aromatic heterocycles. The van der Waals surface area contributed by atoms with Crippen LogP contribution in [0.25, 0.3) is 65.9 Å². The molecule has 0 N–H and O–H groups in total. The van der Waals surface area contributed by atoms with E-state index in [1.165, 1.54) is 86.3 Å². The molecule has 0 spiro atoms. The van der Waals surface area contributed by atoms with Crippen molar-refractivity contribution in [3.8, 4) is 11.1 Å². The van der Waals surface area contributed by atoms with E-state index in [9.17, 15) is 0 Å². The molecule has 0 radical (unpaired) electrons. The first-order chi connectivity index (χ1) is 20.3. The molecule has 0 saturated carbocycles. The summed E-state index contributed by atoms with van der Waals surface area (Å²) in [5, 5.41) is 10.3. The van der Waals surface area contributed by atoms with Crippen molar-refractivity contribution in [3.05, 3.63) is 138 Å². The third-order valence-electron chi connectivity index (χ3n) is 8.84. The van der Waals surface area contributed by atoms with Gasteiger partial charge in [-0.15, -0.1) is 0 Å². The van der Waals surface area contributed by atoms with Gasteiger partial charge in [-0.2, -0.15) is 0 Å². The molecular weight excluding hydrogens is 515 g/mol. The van der Waals surface area contributed by atoms with Gasteiger partial charge in [0.2, 0.25) is 0 Å². The van der Waals surface area contributed by atoms with Gasteiger partial charge in [-0.05, 0) is 96.1 Å². The van der Waals surface area contributed by atoms with E-state index in [1.807, 2.05) is 18.0 Å². The lowest BCUT2D eigenvalue weighted by Crippen LogP contribution is -2.04. The summed E-state index contributed by atoms with van der Waals surface area (Å²) in [4.78, 5) is 7.29. The van der Waals surface area contributed by atoms with Gasteiger partial charge in [-0.3, -0.25) is 4.98 Å². The van der Waals surface area contributed by atoms with Gasteiger partial charge in [0.15, 0.2) is 0 Å². The van der Waals surface area contributed by atoms with Gasteiger partial charge < -0.3 is 0 Å². The van der Waals surface area contributed by atoms with E-state index < -0.39 is 0 Å². The molecule has 0 amide bonds. The maximum Gasteiger partial charge on any atom is 0.0353 e. The van der Waals surface area contributed by atoms with E-state index in [2.05, 4.69) is 126 Å². The van der Waals surface area contributed by atoms with Crippen molar-refractivity contribution in [2.75, 3.05) is 0 Å². The summed E-state index contributed by atoms with van der Waals surface area (Å²) in [7, 11) is 0. The number of hydrogen-bond acceptors (Lipinski definition) is 2. The third-order valence-corrected chi connectivity index (χ3v) is 10.1. The van der Waals surface area contributed by atoms with Crippen molar-refractivity contribution in [3.63, 3.8) is 0 Å². The first kappa shape index (κ1) is 23.1. The molecule has 2 aliphatic rings. The monoisotopic (exact) mass is 539 g/mol. The molecule has 0 unspecified atom stereocenters. The molecule has 2 heteroatoms. The number of nitrogens with zero attached hydrogens (tertiary/aromatic N) is 1. The number of hydrogen-bond donors (Lipinski definition) is 0. The summed E-state index contributed by atoms with van der Waals surface area (Å²) < 4.78 is 0. The number of pyridine rings is 1. The Hall–Kier alpha value is -4.66. The number of rotatable bonds is 3. The van der Waals surface area contributed by atoms with E-state index >= 15 is 0 Å². The van der Waals surface area contributed by atoms with Gasteiger partial charge in [0.1, 0.15) is 0 Å². The first-order valence-corrected chi connectivity index (χ1v) is 15.1. The summed E-state index contributed by atoms with van der Waals surface area (Å²) in [6.45, 7) is 0. The lowest BCUT2D eigenvalue weighted by molar-refractivity contribution is 1.17. The lowest BCUT2D eigenvalue weighted by Gasteiger charge is -2.25. The van der Waals surface area contributed by atoms with Gasteiger partial charge in [0.05, 0.1) is 0 Å². The lowest BCUT2D eigenvalue weighted by atomic mass is 9.81. The molecule has 0 saturated heterocycles. The maximum atomic E-state index is 4.64. The van der Waals surface area contributed by atoms with Gasteiger partial charge in [-0.1, -0.05) is 115 Å². The van der Waals surface area contributed by atoms with Crippen LogP contribution in [0.1, 0.15) is 23.1 Å². The molecule has 1 nitrogen and oxygen atoms in total. The van der Waals surface area contributed by atoms with Gasteiger partial charge in [-0.25, -0.2) is 0 Å². The highest BCUT2D eigenvalue weighted by atomic mass is 32.2. The molecule has 2 aliphatic carbocycles. The third kappa shape index (κ3) is 3.41. The van der Waals surface area contributed by atoms with Gasteiger partial charge in [0, 0.05) is 27.6 Å². The average Bonchev–Trinajstić information content (AvgIpc) is 3.04. The predicted octanol–water partition coefficient (Wildman–Crippen LogP) is 10.9. The van der Waals surface area contributed by atoms with Crippen LogP contribution in [0.5, 0.6) is 0 Å². The highest BCUT2D eigenvalue weighted by Crippen LogP contribution is 2.49. The minimum Gasteiger partial charge on any atom is -0.264 e. The van der Waals surface area contributed by atoms with Crippen LogP contribution in [-0.4, -0.2) is 4.98 Å². The quantitative estimate of drug-likeness (QED) is 0.207. The van der Waals surface area contributed by atoms with Crippen molar-refractivity contribution >= 4 is 66.5 Å². The van der Waals surface area contributed by atoms with E-state index in [-0.39, 0.29) is 0 Å². The van der Waals surface area contributed by atoms with Crippen LogP contribution in [-0.2, 0) is 6.42 Å². The molecule has 0 fully saturated rings. The van der Waals surface area contributed by atoms with Crippen LogP contribution in [0.2, 0.25) is 0 Å². The van der Waals surface area contributed by atoms with Crippen molar-refractivity contribution in [1.82, 2.24) is 4.98 Å². The Morgan fingerprint density at radius 2 is 1.41 bits per heavy atom. The SMILES string of the molecule is C1=Cc2ccc3ccc(Sc4c5ccccc5c(-c5cccc6ccccc56)c5cnccc45)c4c3c2C(=CC4)C1. The fourth-order valence-corrected chi connectivity index (χ4v) is 8.27. The van der Waals surface area contributed by atoms with Crippen LogP contribution in [0.4, 0.5) is 0 Å². The highest BCUT2D eigenvalue weighted by Gasteiger charge is 2.23. The molecule has 0 aliphatic heterocycles. The Kier molecular flexibility index (Phi) is 5.02. The topological polar surface area (TPSA) is 12.9 Å². The molecule has 41 heavy (non-hydrogen) atoms. The number of benzene rings is 6. The summed E-state index contributed by atoms with van der Waals surface area (Å²) >= 11 is 1.92. The Bertz CT molecular complexity index is 2230. The molecule has 9 rings (SSSR count). The summed E-state index contributed by atoms with van der Waals surface area (Å²) in [6.07, 6.45) is 13.1. The zero-order valence-electron chi connectivity index (χ0n) is 22.4. The second-order valence-electron chi connectivity index (χ2n) is 11.0. The summed E-state index contributed by atoms with van der Waals surface area (Å²) in [5.74, 6) is 0. The fraction of sp³-hybridized carbons (Fsp3) is 0.0513. The van der Waals surface area contributed by atoms with Crippen LogP contribution < -0.4 is 0 Å². The summed E-state index contributed by atoms with van der Waals surface area (Å²) in [6, 6.07) is 35.7. The van der Waals surface area contributed by atoms with E-state index in [1.54, 1.807) is 0 Å². The molecule has 6 aromatic carbocycles. The highest BCUT2D eigenvalue weighted by molar-refractivity contribution is 7.99. The molecule has 0 atom stereocenters. The maximum absolute atomic E-state index is 4.64. The Morgan fingerprint density at radius 3 is 2.37 bits per heavy atom. The van der Waals surface area contributed by atoms with Gasteiger partial charge >= 0.3 is 0 Å². The Labute approximate surface area is 242 Å². The van der Waals surface area contributed by atoms with Crippen LogP contribution >= 0.6 is 11.8 Å². The normalized spacial score (nSPS) is 13.8. The van der Waals surface area contributed by atoms with Crippen LogP contribution in [0.15, 0.2) is 131 Å². The van der Waals surface area contributed by atoms with E-state index in [0.29, 0.717) is 0 Å². The molecule has 7 aromatic rings. The number of allylic oxidation sites excluding steroid dienone is 3. The fourth-order valence-electron chi connectivity index (χ4n) is 7.03. The smallest absolute Gasteiger partial charge is 0.0353 e. The molecule has 0 bridgehead atoms. The van der Waals surface area contributed by atoms with Crippen molar-refractivity contribution in [2.24, 2.45) is 0 Å². The minimum atomic E-state index is 0.977. The van der Waals surface area contributed by atoms with Crippen LogP contribution in [0, 0.1) is 0 Å². The predicted molar refractivity (Wildman–Crippen MR) is 176 cm³/mol. The largest absolute Gasteiger partial charge is 0.264 e. The van der Waals surface area contributed by atoms with E-state index in [4.69, 9.17) is 0 Å². The molecule has 1 heterocycles.